The number of rotatable bonds is 5. The van der Waals surface area contributed by atoms with Crippen molar-refractivity contribution in [2.24, 2.45) is 0 Å². The van der Waals surface area contributed by atoms with Crippen LogP contribution in [0.15, 0.2) is 30.3 Å². The Kier molecular flexibility index (Phi) is 4.78. The summed E-state index contributed by atoms with van der Waals surface area (Å²) in [5.74, 6) is 1.48. The topological polar surface area (TPSA) is 30.5 Å². The first-order chi connectivity index (χ1) is 9.94. The molecule has 0 unspecified atom stereocenters. The van der Waals surface area contributed by atoms with E-state index in [4.69, 9.17) is 9.47 Å². The number of methoxy groups -OCH3 is 2. The molecule has 0 radical (unpaired) electrons. The van der Waals surface area contributed by atoms with Crippen molar-refractivity contribution in [1.82, 2.24) is 0 Å². The van der Waals surface area contributed by atoms with Gasteiger partial charge in [0.1, 0.15) is 0 Å². The predicted octanol–water partition coefficient (Wildman–Crippen LogP) is 4.67. The molecular formula is C17H23NO2S. The summed E-state index contributed by atoms with van der Waals surface area (Å²) in [6, 6.07) is 10.3. The molecule has 1 aromatic heterocycles. The summed E-state index contributed by atoms with van der Waals surface area (Å²) in [6.45, 7) is 7.54. The van der Waals surface area contributed by atoms with Crippen molar-refractivity contribution in [2.45, 2.75) is 32.7 Å². The van der Waals surface area contributed by atoms with Crippen LogP contribution in [-0.4, -0.2) is 14.2 Å². The van der Waals surface area contributed by atoms with E-state index in [0.29, 0.717) is 0 Å². The molecule has 0 atom stereocenters. The van der Waals surface area contributed by atoms with Gasteiger partial charge >= 0.3 is 0 Å². The Balaban J connectivity index is 2.04. The molecule has 21 heavy (non-hydrogen) atoms. The summed E-state index contributed by atoms with van der Waals surface area (Å²) >= 11 is 1.86. The molecule has 3 nitrogen and oxygen atoms in total. The number of anilines is 1. The summed E-state index contributed by atoms with van der Waals surface area (Å²) in [4.78, 5) is 2.74. The Morgan fingerprint density at radius 3 is 2.29 bits per heavy atom. The third kappa shape index (κ3) is 3.91. The van der Waals surface area contributed by atoms with Gasteiger partial charge in [-0.3, -0.25) is 0 Å². The predicted molar refractivity (Wildman–Crippen MR) is 89.9 cm³/mol. The van der Waals surface area contributed by atoms with E-state index in [-0.39, 0.29) is 5.41 Å². The van der Waals surface area contributed by atoms with Gasteiger partial charge in [-0.05, 0) is 29.7 Å². The number of benzene rings is 1. The van der Waals surface area contributed by atoms with E-state index in [9.17, 15) is 0 Å². The van der Waals surface area contributed by atoms with Crippen molar-refractivity contribution in [3.05, 3.63) is 40.1 Å². The molecule has 0 fully saturated rings. The number of ether oxygens (including phenoxy) is 2. The van der Waals surface area contributed by atoms with Crippen LogP contribution in [0.25, 0.3) is 0 Å². The summed E-state index contributed by atoms with van der Waals surface area (Å²) in [5, 5.41) is 3.43. The van der Waals surface area contributed by atoms with Crippen LogP contribution in [0.5, 0.6) is 11.5 Å². The minimum Gasteiger partial charge on any atom is -0.493 e. The van der Waals surface area contributed by atoms with Crippen LogP contribution < -0.4 is 14.8 Å². The second kappa shape index (κ2) is 6.39. The number of nitrogens with one attached hydrogen (secondary N) is 1. The Bertz CT molecular complexity index is 599. The molecule has 0 saturated carbocycles. The molecule has 0 amide bonds. The Hall–Kier alpha value is -1.68. The SMILES string of the molecule is COc1ccc(NCc2ccc(C(C)(C)C)s2)cc1OC. The van der Waals surface area contributed by atoms with Crippen molar-refractivity contribution < 1.29 is 9.47 Å². The Morgan fingerprint density at radius 1 is 1.00 bits per heavy atom. The van der Waals surface area contributed by atoms with Gasteiger partial charge in [-0.1, -0.05) is 20.8 Å². The fourth-order valence-corrected chi connectivity index (χ4v) is 3.02. The minimum absolute atomic E-state index is 0.215. The molecule has 0 aliphatic heterocycles. The lowest BCUT2D eigenvalue weighted by Crippen LogP contribution is -2.07. The molecule has 114 valence electrons. The van der Waals surface area contributed by atoms with E-state index in [1.54, 1.807) is 14.2 Å². The highest BCUT2D eigenvalue weighted by Gasteiger charge is 2.15. The van der Waals surface area contributed by atoms with E-state index in [1.807, 2.05) is 29.5 Å². The molecule has 4 heteroatoms. The molecule has 2 aromatic rings. The molecule has 0 bridgehead atoms. The fourth-order valence-electron chi connectivity index (χ4n) is 2.01. The van der Waals surface area contributed by atoms with Gasteiger partial charge in [0, 0.05) is 28.1 Å². The zero-order valence-electron chi connectivity index (χ0n) is 13.3. The minimum atomic E-state index is 0.215. The monoisotopic (exact) mass is 305 g/mol. The van der Waals surface area contributed by atoms with Crippen molar-refractivity contribution in [3.63, 3.8) is 0 Å². The zero-order chi connectivity index (χ0) is 15.5. The molecule has 0 saturated heterocycles. The van der Waals surface area contributed by atoms with E-state index < -0.39 is 0 Å². The number of hydrogen-bond acceptors (Lipinski definition) is 4. The lowest BCUT2D eigenvalue weighted by molar-refractivity contribution is 0.355. The maximum atomic E-state index is 5.32. The lowest BCUT2D eigenvalue weighted by atomic mass is 9.95. The van der Waals surface area contributed by atoms with Crippen LogP contribution in [0, 0.1) is 0 Å². The Labute approximate surface area is 130 Å². The van der Waals surface area contributed by atoms with Crippen LogP contribution >= 0.6 is 11.3 Å². The third-order valence-corrected chi connectivity index (χ3v) is 4.76. The highest BCUT2D eigenvalue weighted by atomic mass is 32.1. The van der Waals surface area contributed by atoms with Crippen molar-refractivity contribution in [2.75, 3.05) is 19.5 Å². The van der Waals surface area contributed by atoms with Crippen LogP contribution in [-0.2, 0) is 12.0 Å². The van der Waals surface area contributed by atoms with Gasteiger partial charge in [-0.25, -0.2) is 0 Å². The van der Waals surface area contributed by atoms with Gasteiger partial charge in [-0.15, -0.1) is 11.3 Å². The lowest BCUT2D eigenvalue weighted by Gasteiger charge is -2.15. The first-order valence-electron chi connectivity index (χ1n) is 6.99. The van der Waals surface area contributed by atoms with Crippen LogP contribution in [0.2, 0.25) is 0 Å². The first kappa shape index (κ1) is 15.7. The van der Waals surface area contributed by atoms with Gasteiger partial charge < -0.3 is 14.8 Å². The summed E-state index contributed by atoms with van der Waals surface area (Å²) in [7, 11) is 3.29. The molecule has 1 N–H and O–H groups in total. The van der Waals surface area contributed by atoms with Crippen LogP contribution in [0.4, 0.5) is 5.69 Å². The van der Waals surface area contributed by atoms with Gasteiger partial charge in [0.25, 0.3) is 0 Å². The standard InChI is InChI=1S/C17H23NO2S/c1-17(2,3)16-9-7-13(21-16)11-18-12-6-8-14(19-4)15(10-12)20-5/h6-10,18H,11H2,1-5H3. The van der Waals surface area contributed by atoms with E-state index in [2.05, 4.69) is 38.2 Å². The molecule has 0 aliphatic rings. The van der Waals surface area contributed by atoms with Gasteiger partial charge in [0.05, 0.1) is 14.2 Å². The van der Waals surface area contributed by atoms with E-state index >= 15 is 0 Å². The maximum Gasteiger partial charge on any atom is 0.162 e. The molecule has 1 heterocycles. The molecule has 0 spiro atoms. The van der Waals surface area contributed by atoms with E-state index in [1.165, 1.54) is 9.75 Å². The number of hydrogen-bond donors (Lipinski definition) is 1. The average Bonchev–Trinajstić information content (AvgIpc) is 2.93. The maximum absolute atomic E-state index is 5.32. The molecule has 0 aliphatic carbocycles. The highest BCUT2D eigenvalue weighted by molar-refractivity contribution is 7.12. The van der Waals surface area contributed by atoms with Gasteiger partial charge in [0.2, 0.25) is 0 Å². The van der Waals surface area contributed by atoms with Crippen molar-refractivity contribution in [3.8, 4) is 11.5 Å². The van der Waals surface area contributed by atoms with Gasteiger partial charge in [0.15, 0.2) is 11.5 Å². The highest BCUT2D eigenvalue weighted by Crippen LogP contribution is 2.32. The first-order valence-corrected chi connectivity index (χ1v) is 7.81. The normalized spacial score (nSPS) is 11.3. The van der Waals surface area contributed by atoms with Crippen molar-refractivity contribution >= 4 is 17.0 Å². The number of thiophene rings is 1. The average molecular weight is 305 g/mol. The third-order valence-electron chi connectivity index (χ3n) is 3.25. The van der Waals surface area contributed by atoms with E-state index in [0.717, 1.165) is 23.7 Å². The fraction of sp³-hybridized carbons (Fsp3) is 0.412. The van der Waals surface area contributed by atoms with Crippen LogP contribution in [0.3, 0.4) is 0 Å². The summed E-state index contributed by atoms with van der Waals surface area (Å²) in [6.07, 6.45) is 0. The molecular weight excluding hydrogens is 282 g/mol. The van der Waals surface area contributed by atoms with Crippen LogP contribution in [0.1, 0.15) is 30.5 Å². The zero-order valence-corrected chi connectivity index (χ0v) is 14.1. The second-order valence-electron chi connectivity index (χ2n) is 5.94. The molecule has 1 aromatic carbocycles. The molecule has 2 rings (SSSR count). The Morgan fingerprint density at radius 2 is 1.71 bits per heavy atom. The van der Waals surface area contributed by atoms with Gasteiger partial charge in [-0.2, -0.15) is 0 Å². The summed E-state index contributed by atoms with van der Waals surface area (Å²) in [5.41, 5.74) is 1.24. The largest absolute Gasteiger partial charge is 0.493 e. The smallest absolute Gasteiger partial charge is 0.162 e. The second-order valence-corrected chi connectivity index (χ2v) is 7.11. The quantitative estimate of drug-likeness (QED) is 0.870. The summed E-state index contributed by atoms with van der Waals surface area (Å²) < 4.78 is 10.6. The van der Waals surface area contributed by atoms with Crippen molar-refractivity contribution in [1.29, 1.82) is 0 Å².